The zero-order valence-electron chi connectivity index (χ0n) is 10.3. The fourth-order valence-electron chi connectivity index (χ4n) is 1.29. The zero-order chi connectivity index (χ0) is 14.5. The quantitative estimate of drug-likeness (QED) is 0.590. The van der Waals surface area contributed by atoms with E-state index >= 15 is 0 Å². The van der Waals surface area contributed by atoms with Crippen molar-refractivity contribution in [3.05, 3.63) is 28.8 Å². The van der Waals surface area contributed by atoms with Crippen LogP contribution in [0.3, 0.4) is 0 Å². The molecule has 5 nitrogen and oxygen atoms in total. The van der Waals surface area contributed by atoms with Gasteiger partial charge >= 0.3 is 0 Å². The van der Waals surface area contributed by atoms with Crippen molar-refractivity contribution < 1.29 is 13.2 Å². The molecular weight excluding hydrogens is 308 g/mol. The zero-order valence-corrected chi connectivity index (χ0v) is 12.7. The van der Waals surface area contributed by atoms with Gasteiger partial charge in [0.15, 0.2) is 0 Å². The Kier molecular flexibility index (Phi) is 5.99. The number of nitrogens with one attached hydrogen (secondary N) is 1. The van der Waals surface area contributed by atoms with Crippen molar-refractivity contribution in [1.29, 1.82) is 0 Å². The van der Waals surface area contributed by atoms with Crippen molar-refractivity contribution in [2.45, 2.75) is 6.92 Å². The van der Waals surface area contributed by atoms with E-state index in [1.54, 1.807) is 13.0 Å². The molecule has 1 aromatic carbocycles. The summed E-state index contributed by atoms with van der Waals surface area (Å²) in [6.07, 6.45) is 0. The van der Waals surface area contributed by atoms with Gasteiger partial charge in [-0.1, -0.05) is 29.9 Å². The monoisotopic (exact) mass is 322 g/mol. The first kappa shape index (κ1) is 16.2. The molecule has 0 aliphatic heterocycles. The van der Waals surface area contributed by atoms with E-state index in [1.165, 1.54) is 12.1 Å². The Morgan fingerprint density at radius 2 is 2.21 bits per heavy atom. The highest BCUT2D eigenvalue weighted by molar-refractivity contribution is 7.92. The van der Waals surface area contributed by atoms with Crippen LogP contribution in [0.15, 0.2) is 18.2 Å². The lowest BCUT2D eigenvalue weighted by molar-refractivity contribution is 0.163. The van der Waals surface area contributed by atoms with Gasteiger partial charge in [0, 0.05) is 12.2 Å². The van der Waals surface area contributed by atoms with Crippen LogP contribution in [0.1, 0.15) is 12.5 Å². The fraction of sp³-hybridized carbons (Fsp3) is 0.364. The van der Waals surface area contributed by atoms with Gasteiger partial charge in [0.05, 0.1) is 23.1 Å². The molecule has 0 saturated heterocycles. The topological polar surface area (TPSA) is 81.4 Å². The number of nitrogens with two attached hydrogens (primary N) is 1. The molecule has 0 aromatic heterocycles. The fourth-order valence-corrected chi connectivity index (χ4v) is 2.58. The maximum atomic E-state index is 11.8. The second kappa shape index (κ2) is 7.04. The highest BCUT2D eigenvalue weighted by atomic mass is 35.5. The summed E-state index contributed by atoms with van der Waals surface area (Å²) >= 11 is 10.8. The third-order valence-electron chi connectivity index (χ3n) is 2.22. The van der Waals surface area contributed by atoms with Crippen molar-refractivity contribution in [3.63, 3.8) is 0 Å². The van der Waals surface area contributed by atoms with Gasteiger partial charge in [0.2, 0.25) is 10.0 Å². The molecule has 0 unspecified atom stereocenters. The third kappa shape index (κ3) is 5.32. The highest BCUT2D eigenvalue weighted by Crippen LogP contribution is 2.24. The van der Waals surface area contributed by atoms with Gasteiger partial charge in [-0.15, -0.1) is 0 Å². The van der Waals surface area contributed by atoms with E-state index in [2.05, 4.69) is 4.72 Å². The summed E-state index contributed by atoms with van der Waals surface area (Å²) in [4.78, 5) is 0.173. The van der Waals surface area contributed by atoms with Gasteiger partial charge in [-0.25, -0.2) is 8.42 Å². The molecular formula is C11H15ClN2O3S2. The number of anilines is 1. The van der Waals surface area contributed by atoms with Gasteiger partial charge < -0.3 is 10.5 Å². The standard InChI is InChI=1S/C11H15ClN2O3S2/c1-2-17-5-6-19(15,16)14-10-7-8(11(13)18)3-4-9(10)12/h3-4,7,14H,2,5-6H2,1H3,(H2,13,18). The summed E-state index contributed by atoms with van der Waals surface area (Å²) in [5, 5.41) is 0.278. The van der Waals surface area contributed by atoms with Crippen molar-refractivity contribution in [3.8, 4) is 0 Å². The number of sulfonamides is 1. The Labute approximate surface area is 123 Å². The molecule has 1 aromatic rings. The smallest absolute Gasteiger partial charge is 0.235 e. The van der Waals surface area contributed by atoms with Crippen LogP contribution < -0.4 is 10.5 Å². The summed E-state index contributed by atoms with van der Waals surface area (Å²) in [6, 6.07) is 4.67. The second-order valence-electron chi connectivity index (χ2n) is 3.68. The predicted molar refractivity (Wildman–Crippen MR) is 81.2 cm³/mol. The minimum absolute atomic E-state index is 0.123. The highest BCUT2D eigenvalue weighted by Gasteiger charge is 2.13. The molecule has 0 fully saturated rings. The van der Waals surface area contributed by atoms with Gasteiger partial charge in [-0.2, -0.15) is 0 Å². The summed E-state index contributed by atoms with van der Waals surface area (Å²) in [5.41, 5.74) is 6.28. The van der Waals surface area contributed by atoms with E-state index in [-0.39, 0.29) is 28.1 Å². The van der Waals surface area contributed by atoms with E-state index in [4.69, 9.17) is 34.3 Å². The average Bonchev–Trinajstić information content (AvgIpc) is 2.31. The Morgan fingerprint density at radius 3 is 2.79 bits per heavy atom. The van der Waals surface area contributed by atoms with Crippen LogP contribution in [0.2, 0.25) is 5.02 Å². The first-order valence-corrected chi connectivity index (χ1v) is 7.97. The van der Waals surface area contributed by atoms with E-state index < -0.39 is 10.0 Å². The molecule has 3 N–H and O–H groups in total. The van der Waals surface area contributed by atoms with Gasteiger partial charge in [-0.3, -0.25) is 4.72 Å². The van der Waals surface area contributed by atoms with Crippen molar-refractivity contribution in [1.82, 2.24) is 0 Å². The van der Waals surface area contributed by atoms with Crippen LogP contribution in [0, 0.1) is 0 Å². The summed E-state index contributed by atoms with van der Waals surface area (Å²) < 4.78 is 31.0. The molecule has 106 valence electrons. The van der Waals surface area contributed by atoms with Crippen LogP contribution >= 0.6 is 23.8 Å². The van der Waals surface area contributed by atoms with Gasteiger partial charge in [0.25, 0.3) is 0 Å². The molecule has 0 spiro atoms. The molecule has 0 aliphatic rings. The van der Waals surface area contributed by atoms with Crippen LogP contribution in [0.25, 0.3) is 0 Å². The third-order valence-corrected chi connectivity index (χ3v) is 4.02. The van der Waals surface area contributed by atoms with Crippen LogP contribution in [-0.2, 0) is 14.8 Å². The molecule has 19 heavy (non-hydrogen) atoms. The lowest BCUT2D eigenvalue weighted by Crippen LogP contribution is -2.21. The molecule has 0 aliphatic carbocycles. The van der Waals surface area contributed by atoms with E-state index in [1.807, 2.05) is 0 Å². The number of hydrogen-bond donors (Lipinski definition) is 2. The molecule has 0 bridgehead atoms. The normalized spacial score (nSPS) is 11.3. The molecule has 0 radical (unpaired) electrons. The number of halogens is 1. The number of hydrogen-bond acceptors (Lipinski definition) is 4. The summed E-state index contributed by atoms with van der Waals surface area (Å²) in [5.74, 6) is -0.144. The first-order valence-electron chi connectivity index (χ1n) is 5.53. The van der Waals surface area contributed by atoms with E-state index in [9.17, 15) is 8.42 Å². The molecule has 0 amide bonds. The minimum Gasteiger partial charge on any atom is -0.389 e. The Bertz CT molecular complexity index is 561. The Balaban J connectivity index is 2.86. The van der Waals surface area contributed by atoms with Crippen LogP contribution in [0.4, 0.5) is 5.69 Å². The second-order valence-corrected chi connectivity index (χ2v) is 6.37. The van der Waals surface area contributed by atoms with Crippen LogP contribution in [0.5, 0.6) is 0 Å². The Hall–Kier alpha value is -0.890. The van der Waals surface area contributed by atoms with Crippen molar-refractivity contribution >= 4 is 44.5 Å². The van der Waals surface area contributed by atoms with E-state index in [0.29, 0.717) is 12.2 Å². The lowest BCUT2D eigenvalue weighted by Gasteiger charge is -2.11. The number of rotatable bonds is 7. The SMILES string of the molecule is CCOCCS(=O)(=O)Nc1cc(C(N)=S)ccc1Cl. The molecule has 0 saturated carbocycles. The summed E-state index contributed by atoms with van der Waals surface area (Å²) in [6.45, 7) is 2.38. The van der Waals surface area contributed by atoms with Crippen LogP contribution in [-0.4, -0.2) is 32.4 Å². The van der Waals surface area contributed by atoms with Crippen molar-refractivity contribution in [2.75, 3.05) is 23.7 Å². The number of ether oxygens (including phenoxy) is 1. The van der Waals surface area contributed by atoms with E-state index in [0.717, 1.165) is 0 Å². The lowest BCUT2D eigenvalue weighted by atomic mass is 10.2. The largest absolute Gasteiger partial charge is 0.389 e. The average molecular weight is 323 g/mol. The maximum Gasteiger partial charge on any atom is 0.235 e. The van der Waals surface area contributed by atoms with Crippen molar-refractivity contribution in [2.24, 2.45) is 5.73 Å². The summed E-state index contributed by atoms with van der Waals surface area (Å²) in [7, 11) is -3.52. The number of thiocarbonyl (C=S) groups is 1. The first-order chi connectivity index (χ1) is 8.85. The molecule has 0 heterocycles. The Morgan fingerprint density at radius 1 is 1.53 bits per heavy atom. The maximum absolute atomic E-state index is 11.8. The van der Waals surface area contributed by atoms with Gasteiger partial charge in [-0.05, 0) is 19.1 Å². The molecule has 1 rings (SSSR count). The van der Waals surface area contributed by atoms with Gasteiger partial charge in [0.1, 0.15) is 4.99 Å². The minimum atomic E-state index is -3.52. The molecule has 0 atom stereocenters. The predicted octanol–water partition coefficient (Wildman–Crippen LogP) is 1.75. The number of benzene rings is 1. The molecule has 8 heteroatoms.